The Kier molecular flexibility index (Phi) is 5.76. The number of benzene rings is 3. The van der Waals surface area contributed by atoms with Crippen LogP contribution in [0.15, 0.2) is 91.0 Å². The highest BCUT2D eigenvalue weighted by atomic mass is 32.2. The Bertz CT molecular complexity index is 810. The lowest BCUT2D eigenvalue weighted by Crippen LogP contribution is -2.69. The molecule has 0 N–H and O–H groups in total. The topological polar surface area (TPSA) is 0 Å². The lowest BCUT2D eigenvalue weighted by atomic mass is 10.2. The van der Waals surface area contributed by atoms with Gasteiger partial charge in [-0.05, 0) is 40.3 Å². The van der Waals surface area contributed by atoms with E-state index in [1.54, 1.807) is 0 Å². The van der Waals surface area contributed by atoms with E-state index in [0.29, 0.717) is 0 Å². The van der Waals surface area contributed by atoms with Gasteiger partial charge < -0.3 is 0 Å². The fraction of sp³-hybridized carbons (Fsp3) is 0.217. The zero-order valence-electron chi connectivity index (χ0n) is 15.2. The van der Waals surface area contributed by atoms with Crippen molar-refractivity contribution in [3.63, 3.8) is 0 Å². The number of halogens is 1. The van der Waals surface area contributed by atoms with Crippen LogP contribution in [0.3, 0.4) is 0 Å². The molecule has 1 aliphatic heterocycles. The molecule has 4 rings (SSSR count). The normalized spacial score (nSPS) is 16.8. The molecule has 1 saturated heterocycles. The van der Waals surface area contributed by atoms with Crippen molar-refractivity contribution >= 4 is 42.3 Å². The lowest BCUT2D eigenvalue weighted by molar-refractivity contribution is 0.774. The first kappa shape index (κ1) is 18.9. The second kappa shape index (κ2) is 8.25. The Morgan fingerprint density at radius 3 is 1.63 bits per heavy atom. The van der Waals surface area contributed by atoms with Gasteiger partial charge in [0.15, 0.2) is 0 Å². The lowest BCUT2D eigenvalue weighted by Gasteiger charge is -2.45. The summed E-state index contributed by atoms with van der Waals surface area (Å²) in [6.07, 6.45) is 1.91. The molecular weight excluding hydrogens is 387 g/mol. The molecule has 1 aliphatic rings. The molecule has 0 nitrogen and oxygen atoms in total. The Morgan fingerprint density at radius 2 is 1.15 bits per heavy atom. The van der Waals surface area contributed by atoms with E-state index in [1.807, 2.05) is 90.3 Å². The zero-order chi connectivity index (χ0) is 18.6. The van der Waals surface area contributed by atoms with E-state index in [2.05, 4.69) is 24.3 Å². The summed E-state index contributed by atoms with van der Waals surface area (Å²) in [4.78, 5) is 0. The average molecular weight is 411 g/mol. The van der Waals surface area contributed by atoms with E-state index < -0.39 is 12.1 Å². The number of hydrogen-bond acceptors (Lipinski definition) is 2. The summed E-state index contributed by atoms with van der Waals surface area (Å²) < 4.78 is 17.1. The van der Waals surface area contributed by atoms with Crippen molar-refractivity contribution in [1.29, 1.82) is 0 Å². The minimum absolute atomic E-state index is 0.449. The first-order valence-electron chi connectivity index (χ1n) is 9.36. The predicted octanol–water partition coefficient (Wildman–Crippen LogP) is 5.06. The third-order valence-corrected chi connectivity index (χ3v) is 14.1. The first-order chi connectivity index (χ1) is 13.2. The van der Waals surface area contributed by atoms with Crippen molar-refractivity contribution in [2.24, 2.45) is 0 Å². The van der Waals surface area contributed by atoms with Gasteiger partial charge in [-0.3, -0.25) is 4.11 Å². The second-order valence-corrected chi connectivity index (χ2v) is 14.0. The monoisotopic (exact) mass is 410 g/mol. The molecule has 0 bridgehead atoms. The van der Waals surface area contributed by atoms with Crippen LogP contribution in [-0.4, -0.2) is 23.6 Å². The smallest absolute Gasteiger partial charge is 0.299 e. The Hall–Kier alpha value is -1.49. The van der Waals surface area contributed by atoms with E-state index in [0.717, 1.165) is 34.7 Å². The van der Waals surface area contributed by atoms with Crippen LogP contribution in [-0.2, 0) is 6.42 Å². The van der Waals surface area contributed by atoms with Crippen molar-refractivity contribution in [1.82, 2.24) is 0 Å². The van der Waals surface area contributed by atoms with Crippen LogP contribution < -0.4 is 10.4 Å². The molecule has 0 atom stereocenters. The summed E-state index contributed by atoms with van der Waals surface area (Å²) in [7, 11) is -3.51. The summed E-state index contributed by atoms with van der Waals surface area (Å²) in [6.45, 7) is 0. The molecule has 1 heterocycles. The van der Waals surface area contributed by atoms with E-state index in [9.17, 15) is 0 Å². The van der Waals surface area contributed by atoms with Crippen LogP contribution in [0.1, 0.15) is 12.0 Å². The molecule has 3 aromatic rings. The van der Waals surface area contributed by atoms with Crippen LogP contribution in [0, 0.1) is 0 Å². The molecular formula is C23H23FS2Si. The van der Waals surface area contributed by atoms with Gasteiger partial charge in [0.1, 0.15) is 0 Å². The van der Waals surface area contributed by atoms with E-state index in [-0.39, 0.29) is 0 Å². The Morgan fingerprint density at radius 1 is 0.704 bits per heavy atom. The van der Waals surface area contributed by atoms with E-state index >= 15 is 4.11 Å². The third kappa shape index (κ3) is 3.63. The molecule has 0 aromatic heterocycles. The minimum Gasteiger partial charge on any atom is -0.299 e. The van der Waals surface area contributed by atoms with Crippen LogP contribution in [0.2, 0.25) is 0 Å². The zero-order valence-corrected chi connectivity index (χ0v) is 17.8. The largest absolute Gasteiger partial charge is 0.334 e. The summed E-state index contributed by atoms with van der Waals surface area (Å²) in [6, 6.07) is 30.3. The predicted molar refractivity (Wildman–Crippen MR) is 121 cm³/mol. The van der Waals surface area contributed by atoms with Crippen molar-refractivity contribution < 1.29 is 4.11 Å². The number of rotatable bonds is 5. The second-order valence-electron chi connectivity index (χ2n) is 6.86. The van der Waals surface area contributed by atoms with Gasteiger partial charge in [-0.25, -0.2) is 0 Å². The van der Waals surface area contributed by atoms with Crippen LogP contribution >= 0.6 is 23.5 Å². The van der Waals surface area contributed by atoms with Crippen LogP contribution in [0.5, 0.6) is 0 Å². The summed E-state index contributed by atoms with van der Waals surface area (Å²) in [5.41, 5.74) is 1.22. The van der Waals surface area contributed by atoms with Crippen molar-refractivity contribution in [2.45, 2.75) is 16.5 Å². The Labute approximate surface area is 170 Å². The molecule has 0 spiro atoms. The molecule has 4 heteroatoms. The molecule has 1 fully saturated rings. The standard InChI is InChI=1S/C23H23FS2Si/c24-27(21-13-6-2-7-14-21,22-15-8-3-9-16-22)23(25-17-10-18-26-23)19-20-11-4-1-5-12-20/h1-9,11-16H,10,17-19H2. The van der Waals surface area contributed by atoms with Gasteiger partial charge in [0.25, 0.3) is 0 Å². The molecule has 0 radical (unpaired) electrons. The maximum Gasteiger partial charge on any atom is 0.334 e. The van der Waals surface area contributed by atoms with Gasteiger partial charge in [-0.1, -0.05) is 91.0 Å². The Balaban J connectivity index is 1.89. The van der Waals surface area contributed by atoms with Gasteiger partial charge in [0, 0.05) is 0 Å². The maximum atomic E-state index is 17.6. The van der Waals surface area contributed by atoms with Gasteiger partial charge in [0.2, 0.25) is 0 Å². The molecule has 0 saturated carbocycles. The molecule has 3 aromatic carbocycles. The van der Waals surface area contributed by atoms with Crippen molar-refractivity contribution in [3.05, 3.63) is 96.6 Å². The number of hydrogen-bond donors (Lipinski definition) is 0. The highest BCUT2D eigenvalue weighted by molar-refractivity contribution is 8.21. The van der Waals surface area contributed by atoms with Gasteiger partial charge in [-0.2, -0.15) is 0 Å². The third-order valence-electron chi connectivity index (χ3n) is 5.11. The van der Waals surface area contributed by atoms with Crippen LogP contribution in [0.25, 0.3) is 0 Å². The molecule has 0 aliphatic carbocycles. The van der Waals surface area contributed by atoms with Crippen molar-refractivity contribution in [3.8, 4) is 0 Å². The molecule has 0 unspecified atom stereocenters. The van der Waals surface area contributed by atoms with Gasteiger partial charge in [-0.15, -0.1) is 23.5 Å². The average Bonchev–Trinajstić information content (AvgIpc) is 2.76. The number of thioether (sulfide) groups is 2. The molecule has 27 heavy (non-hydrogen) atoms. The fourth-order valence-corrected chi connectivity index (χ4v) is 13.2. The minimum atomic E-state index is -3.51. The summed E-state index contributed by atoms with van der Waals surface area (Å²) in [5, 5.41) is 1.77. The van der Waals surface area contributed by atoms with Gasteiger partial charge >= 0.3 is 8.41 Å². The molecule has 138 valence electrons. The molecule has 0 amide bonds. The van der Waals surface area contributed by atoms with E-state index in [1.165, 1.54) is 5.56 Å². The fourth-order valence-electron chi connectivity index (χ4n) is 3.80. The summed E-state index contributed by atoms with van der Waals surface area (Å²) >= 11 is 3.70. The van der Waals surface area contributed by atoms with Gasteiger partial charge in [0.05, 0.1) is 3.70 Å². The van der Waals surface area contributed by atoms with Crippen LogP contribution in [0.4, 0.5) is 4.11 Å². The maximum absolute atomic E-state index is 17.6. The summed E-state index contributed by atoms with van der Waals surface area (Å²) in [5.74, 6) is 2.05. The quantitative estimate of drug-likeness (QED) is 0.426. The van der Waals surface area contributed by atoms with Crippen molar-refractivity contribution in [2.75, 3.05) is 11.5 Å². The first-order valence-corrected chi connectivity index (χ1v) is 13.2. The highest BCUT2D eigenvalue weighted by Crippen LogP contribution is 2.50. The highest BCUT2D eigenvalue weighted by Gasteiger charge is 2.59. The SMILES string of the molecule is F[Si](c1ccccc1)(c1ccccc1)C1(Cc2ccccc2)SCCCS1. The van der Waals surface area contributed by atoms with E-state index in [4.69, 9.17) is 0 Å².